The molecule has 10 heteroatoms. The number of anilines is 2. The van der Waals surface area contributed by atoms with E-state index >= 15 is 0 Å². The first-order valence-corrected chi connectivity index (χ1v) is 14.4. The Bertz CT molecular complexity index is 1330. The SMILES string of the molecule is CCOC(=O)C1=C(C)NC(C)=C(C(=O)OC)C1c1cccc(NC(=O)NCCCN2CCN(c3ccccc3)CC2)c1. The summed E-state index contributed by atoms with van der Waals surface area (Å²) >= 11 is 0. The number of nitrogens with one attached hydrogen (secondary N) is 3. The lowest BCUT2D eigenvalue weighted by atomic mass is 9.80. The number of methoxy groups -OCH3 is 1. The number of hydrogen-bond acceptors (Lipinski definition) is 8. The van der Waals surface area contributed by atoms with Gasteiger partial charge in [0.2, 0.25) is 0 Å². The van der Waals surface area contributed by atoms with Crippen LogP contribution in [0.25, 0.3) is 0 Å². The number of esters is 2. The highest BCUT2D eigenvalue weighted by Gasteiger charge is 2.37. The lowest BCUT2D eigenvalue weighted by Gasteiger charge is -2.36. The Labute approximate surface area is 247 Å². The van der Waals surface area contributed by atoms with Gasteiger partial charge in [-0.2, -0.15) is 0 Å². The number of piperazine rings is 1. The van der Waals surface area contributed by atoms with Gasteiger partial charge in [-0.25, -0.2) is 14.4 Å². The smallest absolute Gasteiger partial charge is 0.336 e. The Morgan fingerprint density at radius 3 is 2.29 bits per heavy atom. The van der Waals surface area contributed by atoms with E-state index in [2.05, 4.69) is 50.0 Å². The molecule has 0 bridgehead atoms. The zero-order valence-corrected chi connectivity index (χ0v) is 24.9. The van der Waals surface area contributed by atoms with Gasteiger partial charge in [-0.1, -0.05) is 30.3 Å². The van der Waals surface area contributed by atoms with Gasteiger partial charge in [0.15, 0.2) is 0 Å². The molecule has 2 aliphatic heterocycles. The molecule has 4 rings (SSSR count). The number of hydrogen-bond donors (Lipinski definition) is 3. The van der Waals surface area contributed by atoms with Crippen LogP contribution in [0.5, 0.6) is 0 Å². The van der Waals surface area contributed by atoms with E-state index in [0.29, 0.717) is 40.3 Å². The minimum absolute atomic E-state index is 0.199. The van der Waals surface area contributed by atoms with Gasteiger partial charge in [0, 0.05) is 55.5 Å². The summed E-state index contributed by atoms with van der Waals surface area (Å²) in [6, 6.07) is 17.3. The van der Waals surface area contributed by atoms with Gasteiger partial charge in [0.05, 0.1) is 30.8 Å². The molecule has 1 fully saturated rings. The lowest BCUT2D eigenvalue weighted by molar-refractivity contribution is -0.139. The van der Waals surface area contributed by atoms with E-state index in [1.807, 2.05) is 12.1 Å². The first kappa shape index (κ1) is 30.6. The highest BCUT2D eigenvalue weighted by Crippen LogP contribution is 2.39. The first-order chi connectivity index (χ1) is 20.3. The predicted octanol–water partition coefficient (Wildman–Crippen LogP) is 3.99. The van der Waals surface area contributed by atoms with Crippen molar-refractivity contribution in [2.45, 2.75) is 33.1 Å². The average molecular weight is 576 g/mol. The highest BCUT2D eigenvalue weighted by atomic mass is 16.5. The van der Waals surface area contributed by atoms with Gasteiger partial charge in [-0.3, -0.25) is 4.90 Å². The van der Waals surface area contributed by atoms with Gasteiger partial charge in [-0.15, -0.1) is 0 Å². The number of ether oxygens (including phenoxy) is 2. The number of amides is 2. The van der Waals surface area contributed by atoms with Gasteiger partial charge in [0.1, 0.15) is 0 Å². The summed E-state index contributed by atoms with van der Waals surface area (Å²) in [5.74, 6) is -1.78. The normalized spacial score (nSPS) is 17.4. The molecule has 3 N–H and O–H groups in total. The van der Waals surface area contributed by atoms with Crippen molar-refractivity contribution in [2.75, 3.05) is 63.2 Å². The number of benzene rings is 2. The van der Waals surface area contributed by atoms with Gasteiger partial charge < -0.3 is 30.3 Å². The summed E-state index contributed by atoms with van der Waals surface area (Å²) < 4.78 is 10.4. The number of dihydropyridines is 1. The molecule has 1 unspecified atom stereocenters. The molecule has 0 spiro atoms. The molecule has 0 radical (unpaired) electrons. The van der Waals surface area contributed by atoms with Crippen molar-refractivity contribution < 1.29 is 23.9 Å². The number of urea groups is 1. The maximum absolute atomic E-state index is 13.0. The number of carbonyl (C=O) groups excluding carboxylic acids is 3. The Hall–Kier alpha value is -4.31. The van der Waals surface area contributed by atoms with Crippen molar-refractivity contribution >= 4 is 29.3 Å². The number of para-hydroxylation sites is 1. The van der Waals surface area contributed by atoms with Crippen LogP contribution in [0, 0.1) is 0 Å². The van der Waals surface area contributed by atoms with Crippen molar-refractivity contribution in [3.05, 3.63) is 82.7 Å². The molecule has 0 aromatic heterocycles. The second-order valence-electron chi connectivity index (χ2n) is 10.4. The lowest BCUT2D eigenvalue weighted by Crippen LogP contribution is -2.47. The zero-order chi connectivity index (χ0) is 30.1. The summed E-state index contributed by atoms with van der Waals surface area (Å²) in [6.45, 7) is 10.9. The van der Waals surface area contributed by atoms with E-state index < -0.39 is 17.9 Å². The second-order valence-corrected chi connectivity index (χ2v) is 10.4. The van der Waals surface area contributed by atoms with Crippen molar-refractivity contribution in [1.29, 1.82) is 0 Å². The van der Waals surface area contributed by atoms with E-state index in [1.54, 1.807) is 39.0 Å². The van der Waals surface area contributed by atoms with Crippen LogP contribution in [0.2, 0.25) is 0 Å². The maximum atomic E-state index is 13.0. The minimum atomic E-state index is -0.718. The Balaban J connectivity index is 1.34. The Morgan fingerprint density at radius 2 is 1.62 bits per heavy atom. The molecule has 2 aromatic carbocycles. The molecule has 2 aromatic rings. The third-order valence-corrected chi connectivity index (χ3v) is 7.57. The molecule has 1 saturated heterocycles. The molecule has 2 amide bonds. The Morgan fingerprint density at radius 1 is 0.929 bits per heavy atom. The summed E-state index contributed by atoms with van der Waals surface area (Å²) in [5.41, 5.74) is 4.30. The van der Waals surface area contributed by atoms with Crippen molar-refractivity contribution in [1.82, 2.24) is 15.5 Å². The molecule has 2 heterocycles. The summed E-state index contributed by atoms with van der Waals surface area (Å²) in [5, 5.41) is 8.93. The Kier molecular flexibility index (Phi) is 10.6. The van der Waals surface area contributed by atoms with Crippen LogP contribution in [0.4, 0.5) is 16.2 Å². The number of nitrogens with zero attached hydrogens (tertiary/aromatic N) is 2. The molecule has 10 nitrogen and oxygen atoms in total. The number of carbonyl (C=O) groups is 3. The van der Waals surface area contributed by atoms with Crippen LogP contribution in [0.1, 0.15) is 38.7 Å². The van der Waals surface area contributed by atoms with Crippen LogP contribution in [0.15, 0.2) is 77.1 Å². The fourth-order valence-electron chi connectivity index (χ4n) is 5.53. The van der Waals surface area contributed by atoms with E-state index in [-0.39, 0.29) is 12.6 Å². The third-order valence-electron chi connectivity index (χ3n) is 7.57. The van der Waals surface area contributed by atoms with Crippen LogP contribution in [-0.4, -0.2) is 75.9 Å². The minimum Gasteiger partial charge on any atom is -0.466 e. The van der Waals surface area contributed by atoms with Gasteiger partial charge >= 0.3 is 18.0 Å². The van der Waals surface area contributed by atoms with Crippen molar-refractivity contribution in [3.8, 4) is 0 Å². The maximum Gasteiger partial charge on any atom is 0.336 e. The first-order valence-electron chi connectivity index (χ1n) is 14.4. The largest absolute Gasteiger partial charge is 0.466 e. The van der Waals surface area contributed by atoms with E-state index in [4.69, 9.17) is 9.47 Å². The van der Waals surface area contributed by atoms with Crippen LogP contribution in [-0.2, 0) is 19.1 Å². The predicted molar refractivity (Wildman–Crippen MR) is 163 cm³/mol. The monoisotopic (exact) mass is 575 g/mol. The van der Waals surface area contributed by atoms with E-state index in [1.165, 1.54) is 12.8 Å². The quantitative estimate of drug-likeness (QED) is 0.288. The van der Waals surface area contributed by atoms with Crippen molar-refractivity contribution in [2.24, 2.45) is 0 Å². The summed E-state index contributed by atoms with van der Waals surface area (Å²) in [4.78, 5) is 43.3. The van der Waals surface area contributed by atoms with E-state index in [9.17, 15) is 14.4 Å². The van der Waals surface area contributed by atoms with Gasteiger partial charge in [-0.05, 0) is 63.6 Å². The molecule has 1 atom stereocenters. The molecule has 42 heavy (non-hydrogen) atoms. The van der Waals surface area contributed by atoms with E-state index in [0.717, 1.165) is 39.1 Å². The molecule has 224 valence electrons. The highest BCUT2D eigenvalue weighted by molar-refractivity contribution is 6.00. The number of rotatable bonds is 10. The fourth-order valence-corrected chi connectivity index (χ4v) is 5.53. The van der Waals surface area contributed by atoms with Gasteiger partial charge in [0.25, 0.3) is 0 Å². The van der Waals surface area contributed by atoms with Crippen molar-refractivity contribution in [3.63, 3.8) is 0 Å². The molecular formula is C32H41N5O5. The molecule has 0 saturated carbocycles. The third kappa shape index (κ3) is 7.50. The van der Waals surface area contributed by atoms with Crippen LogP contribution in [0.3, 0.4) is 0 Å². The molecular weight excluding hydrogens is 534 g/mol. The number of allylic oxidation sites excluding steroid dienone is 2. The topological polar surface area (TPSA) is 112 Å². The zero-order valence-electron chi connectivity index (χ0n) is 24.9. The molecule has 0 aliphatic carbocycles. The average Bonchev–Trinajstić information content (AvgIpc) is 2.99. The summed E-state index contributed by atoms with van der Waals surface area (Å²) in [6.07, 6.45) is 0.841. The molecule has 2 aliphatic rings. The standard InChI is InChI=1S/C32H41N5O5/c1-5-42-31(39)28-23(3)34-22(2)27(30(38)41-4)29(28)24-11-9-12-25(21-24)35-32(40)33-15-10-16-36-17-19-37(20-18-36)26-13-7-6-8-14-26/h6-9,11-14,21,29,34H,5,10,15-20H2,1-4H3,(H2,33,35,40). The van der Waals surface area contributed by atoms with Crippen LogP contribution < -0.4 is 20.9 Å². The van der Waals surface area contributed by atoms with Crippen LogP contribution >= 0.6 is 0 Å². The summed E-state index contributed by atoms with van der Waals surface area (Å²) in [7, 11) is 1.31. The second kappa shape index (κ2) is 14.5. The fraction of sp³-hybridized carbons (Fsp3) is 0.406.